The number of rotatable bonds is 13. The fourth-order valence-corrected chi connectivity index (χ4v) is 11.8. The van der Waals surface area contributed by atoms with Crippen LogP contribution in [0.4, 0.5) is 34.5 Å². The summed E-state index contributed by atoms with van der Waals surface area (Å²) in [5, 5.41) is 14.3. The molecule has 3 fully saturated rings. The Bertz CT molecular complexity index is 3020. The second-order valence-electron chi connectivity index (χ2n) is 18.6. The first-order valence-corrected chi connectivity index (χ1v) is 26.8. The van der Waals surface area contributed by atoms with Gasteiger partial charge in [-0.25, -0.2) is 4.98 Å². The minimum absolute atomic E-state index is 0.140. The number of carbonyl (C=O) groups excluding carboxylic acids is 3. The van der Waals surface area contributed by atoms with E-state index in [0.29, 0.717) is 74.1 Å². The third-order valence-corrected chi connectivity index (χ3v) is 15.9. The molecule has 4 aliphatic rings. The maximum atomic E-state index is 13.6. The van der Waals surface area contributed by atoms with E-state index >= 15 is 0 Å². The van der Waals surface area contributed by atoms with Gasteiger partial charge in [0.15, 0.2) is 0 Å². The number of ether oxygens (including phenoxy) is 1. The zero-order valence-electron chi connectivity index (χ0n) is 39.1. The highest BCUT2D eigenvalue weighted by molar-refractivity contribution is 9.10. The molecular weight excluding hydrogens is 962 g/mol. The van der Waals surface area contributed by atoms with Crippen LogP contribution in [0.1, 0.15) is 48.0 Å². The van der Waals surface area contributed by atoms with Gasteiger partial charge in [0.05, 0.1) is 40.0 Å². The molecule has 3 aromatic heterocycles. The van der Waals surface area contributed by atoms with Crippen LogP contribution in [0.15, 0.2) is 77.9 Å². The smallest absolute Gasteiger partial charge is 0.255 e. The van der Waals surface area contributed by atoms with E-state index in [4.69, 9.17) is 9.72 Å². The van der Waals surface area contributed by atoms with E-state index in [1.807, 2.05) is 43.7 Å². The summed E-state index contributed by atoms with van der Waals surface area (Å²) in [6.45, 7) is 10.4. The molecule has 3 saturated heterocycles. The molecule has 6 aromatic rings. The lowest BCUT2D eigenvalue weighted by molar-refractivity contribution is -0.136. The number of piperidine rings is 2. The molecule has 69 heavy (non-hydrogen) atoms. The predicted molar refractivity (Wildman–Crippen MR) is 271 cm³/mol. The molecule has 0 aliphatic carbocycles. The molecule has 1 unspecified atom stereocenters. The third-order valence-electron chi connectivity index (χ3n) is 13.8. The van der Waals surface area contributed by atoms with Gasteiger partial charge in [-0.3, -0.25) is 39.3 Å². The Balaban J connectivity index is 0.775. The number of benzene rings is 3. The Morgan fingerprint density at radius 2 is 1.67 bits per heavy atom. The van der Waals surface area contributed by atoms with Crippen LogP contribution in [0.3, 0.4) is 0 Å². The van der Waals surface area contributed by atoms with Gasteiger partial charge >= 0.3 is 0 Å². The zero-order chi connectivity index (χ0) is 48.0. The normalized spacial score (nSPS) is 18.2. The van der Waals surface area contributed by atoms with Crippen molar-refractivity contribution in [1.82, 2.24) is 44.8 Å². The van der Waals surface area contributed by atoms with Crippen LogP contribution in [0.25, 0.3) is 22.2 Å². The minimum atomic E-state index is -2.81. The van der Waals surface area contributed by atoms with E-state index in [1.54, 1.807) is 48.6 Å². The molecule has 3 N–H and O–H groups in total. The van der Waals surface area contributed by atoms with Gasteiger partial charge in [-0.1, -0.05) is 0 Å². The Morgan fingerprint density at radius 1 is 0.870 bits per heavy atom. The number of methoxy groups -OCH3 is 1. The number of halogens is 1. The van der Waals surface area contributed by atoms with Crippen LogP contribution in [0, 0.1) is 5.92 Å². The number of imide groups is 1. The van der Waals surface area contributed by atoms with Crippen molar-refractivity contribution in [3.63, 3.8) is 0 Å². The number of nitrogens with zero attached hydrogens (tertiary/aromatic N) is 10. The minimum Gasteiger partial charge on any atom is -0.494 e. The van der Waals surface area contributed by atoms with E-state index < -0.39 is 13.2 Å². The summed E-state index contributed by atoms with van der Waals surface area (Å²) in [6.07, 6.45) is 12.8. The average Bonchev–Trinajstić information content (AvgIpc) is 3.93. The summed E-state index contributed by atoms with van der Waals surface area (Å²) in [7, 11) is 0.773. The van der Waals surface area contributed by atoms with Crippen LogP contribution < -0.4 is 35.8 Å². The number of anilines is 6. The van der Waals surface area contributed by atoms with Gasteiger partial charge in [0.25, 0.3) is 5.91 Å². The summed E-state index contributed by atoms with van der Waals surface area (Å²) >= 11 is 3.61. The Hall–Kier alpha value is -6.43. The third kappa shape index (κ3) is 9.64. The number of fused-ring (bicyclic) bond motifs is 2. The lowest BCUT2D eigenvalue weighted by Crippen LogP contribution is -2.52. The zero-order valence-corrected chi connectivity index (χ0v) is 41.6. The number of amides is 3. The van der Waals surface area contributed by atoms with Gasteiger partial charge in [0.1, 0.15) is 30.3 Å². The Labute approximate surface area is 408 Å². The molecule has 4 aliphatic heterocycles. The Morgan fingerprint density at radius 3 is 2.41 bits per heavy atom. The average molecular weight is 1020 g/mol. The molecule has 3 amide bonds. The number of carbonyl (C=O) groups is 3. The van der Waals surface area contributed by atoms with Gasteiger partial charge in [-0.15, -0.1) is 0 Å². The van der Waals surface area contributed by atoms with Gasteiger partial charge in [0, 0.05) is 118 Å². The lowest BCUT2D eigenvalue weighted by Gasteiger charge is -2.39. The fourth-order valence-electron chi connectivity index (χ4n) is 10.1. The lowest BCUT2D eigenvalue weighted by atomic mass is 9.92. The molecular formula is C49H55BrN13O5P. The number of piperazine rings is 1. The van der Waals surface area contributed by atoms with Crippen molar-refractivity contribution in [2.45, 2.75) is 44.7 Å². The molecule has 0 spiro atoms. The van der Waals surface area contributed by atoms with Crippen molar-refractivity contribution < 1.29 is 23.7 Å². The number of nitrogens with one attached hydrogen (secondary N) is 3. The van der Waals surface area contributed by atoms with Gasteiger partial charge in [-0.05, 0) is 109 Å². The summed E-state index contributed by atoms with van der Waals surface area (Å²) in [5.41, 5.74) is 8.31. The molecule has 18 nitrogen and oxygen atoms in total. The van der Waals surface area contributed by atoms with Crippen LogP contribution >= 0.6 is 23.1 Å². The summed E-state index contributed by atoms with van der Waals surface area (Å²) in [4.78, 5) is 64.9. The highest BCUT2D eigenvalue weighted by Gasteiger charge is 2.39. The maximum absolute atomic E-state index is 13.6. The van der Waals surface area contributed by atoms with Gasteiger partial charge in [0.2, 0.25) is 17.8 Å². The van der Waals surface area contributed by atoms with E-state index in [9.17, 15) is 18.9 Å². The van der Waals surface area contributed by atoms with Crippen molar-refractivity contribution >= 4 is 91.6 Å². The molecule has 0 saturated carbocycles. The van der Waals surface area contributed by atoms with E-state index in [0.717, 1.165) is 93.1 Å². The van der Waals surface area contributed by atoms with Gasteiger partial charge < -0.3 is 34.6 Å². The first kappa shape index (κ1) is 46.3. The van der Waals surface area contributed by atoms with Crippen molar-refractivity contribution in [2.24, 2.45) is 13.0 Å². The van der Waals surface area contributed by atoms with Gasteiger partial charge in [-0.2, -0.15) is 10.1 Å². The van der Waals surface area contributed by atoms with Crippen LogP contribution in [-0.4, -0.2) is 130 Å². The van der Waals surface area contributed by atoms with Crippen molar-refractivity contribution in [1.29, 1.82) is 0 Å². The number of aromatic nitrogens is 6. The number of hydrogen-bond acceptors (Lipinski definition) is 15. The largest absolute Gasteiger partial charge is 0.494 e. The van der Waals surface area contributed by atoms with E-state index in [1.165, 1.54) is 0 Å². The highest BCUT2D eigenvalue weighted by Crippen LogP contribution is 2.43. The second-order valence-corrected chi connectivity index (χ2v) is 22.6. The second kappa shape index (κ2) is 19.2. The fraction of sp³-hybridized carbons (Fsp3) is 0.388. The van der Waals surface area contributed by atoms with Crippen LogP contribution in [-0.2, 0) is 27.7 Å². The molecule has 1 atom stereocenters. The molecule has 358 valence electrons. The molecule has 0 radical (unpaired) electrons. The first-order chi connectivity index (χ1) is 33.3. The molecule has 20 heteroatoms. The van der Waals surface area contributed by atoms with Crippen LogP contribution in [0.2, 0.25) is 0 Å². The van der Waals surface area contributed by atoms with Crippen molar-refractivity contribution in [2.75, 3.05) is 86.7 Å². The van der Waals surface area contributed by atoms with E-state index in [-0.39, 0.29) is 24.1 Å². The van der Waals surface area contributed by atoms with Crippen molar-refractivity contribution in [3.05, 3.63) is 89.0 Å². The topological polar surface area (TPSA) is 196 Å². The number of hydrogen-bond donors (Lipinski definition) is 3. The molecule has 0 bridgehead atoms. The first-order valence-electron chi connectivity index (χ1n) is 23.4. The molecule has 7 heterocycles. The van der Waals surface area contributed by atoms with E-state index in [2.05, 4.69) is 84.8 Å². The summed E-state index contributed by atoms with van der Waals surface area (Å²) in [6, 6.07) is 13.3. The standard InChI is InChI=1S/C49H55BrN13O5P/c1-59-28-32(26-54-59)35-24-39(56-49-53-27-36(50)46(58-49)55-38-8-7-37-44(52-15-14-51-37)45(38)69(3,4)67)42(68-2)25-41(35)62-21-19-60(20-22-62)16-11-30-12-17-61(18-13-30)33-5-6-34-31(23-33)29-63(48(34)66)40-9-10-43(64)57-47(40)65/h5-8,14-15,23-28,30,40H,9-13,16-22,29H2,1-4H3,(H,57,64,65)(H2,53,55,56,58). The SMILES string of the molecule is COc1cc(N2CCN(CCC3CCN(c4ccc5c(c4)CN(C4CCC(=O)NC4=O)C5=O)CC3)CC2)c(-c2cnn(C)c2)cc1Nc1ncc(Br)c(Nc2ccc3nccnc3c2P(C)(C)=O)n1. The maximum Gasteiger partial charge on any atom is 0.255 e. The molecule has 10 rings (SSSR count). The quantitative estimate of drug-likeness (QED) is 0.0836. The Kier molecular flexibility index (Phi) is 12.9. The molecule has 3 aromatic carbocycles. The van der Waals surface area contributed by atoms with Crippen LogP contribution in [0.5, 0.6) is 5.75 Å². The predicted octanol–water partition coefficient (Wildman–Crippen LogP) is 6.52. The monoisotopic (exact) mass is 1020 g/mol. The highest BCUT2D eigenvalue weighted by atomic mass is 79.9. The summed E-state index contributed by atoms with van der Waals surface area (Å²) < 4.78 is 22.1. The van der Waals surface area contributed by atoms with Crippen molar-refractivity contribution in [3.8, 4) is 16.9 Å². The number of aryl methyl sites for hydroxylation is 1. The summed E-state index contributed by atoms with van der Waals surface area (Å²) in [5.74, 6) is 1.29.